The molecule has 1 aliphatic rings. The molecule has 3 nitrogen and oxygen atoms in total. The molecule has 1 aromatic rings. The number of halogens is 1. The molecule has 0 aliphatic carbocycles. The summed E-state index contributed by atoms with van der Waals surface area (Å²) in [5, 5.41) is 0. The molecule has 2 rings (SSSR count). The number of piperidine rings is 1. The molecule has 1 aliphatic heterocycles. The van der Waals surface area contributed by atoms with Crippen molar-refractivity contribution in [1.82, 2.24) is 4.90 Å². The molecule has 0 radical (unpaired) electrons. The summed E-state index contributed by atoms with van der Waals surface area (Å²) < 4.78 is 6.78. The van der Waals surface area contributed by atoms with Gasteiger partial charge in [0.25, 0.3) is 0 Å². The predicted molar refractivity (Wildman–Crippen MR) is 78.9 cm³/mol. The van der Waals surface area contributed by atoms with E-state index in [0.29, 0.717) is 6.04 Å². The first-order valence-corrected chi connectivity index (χ1v) is 7.34. The van der Waals surface area contributed by atoms with Crippen molar-refractivity contribution in [3.63, 3.8) is 0 Å². The molecule has 1 fully saturated rings. The maximum atomic E-state index is 5.82. The van der Waals surface area contributed by atoms with E-state index in [1.807, 2.05) is 18.2 Å². The third kappa shape index (κ3) is 3.62. The van der Waals surface area contributed by atoms with Crippen molar-refractivity contribution in [3.05, 3.63) is 22.7 Å². The first-order chi connectivity index (χ1) is 8.66. The van der Waals surface area contributed by atoms with Crippen LogP contribution < -0.4 is 10.5 Å². The van der Waals surface area contributed by atoms with E-state index in [2.05, 4.69) is 27.9 Å². The lowest BCUT2D eigenvalue weighted by Crippen LogP contribution is -2.37. The molecule has 0 aromatic heterocycles. The van der Waals surface area contributed by atoms with Gasteiger partial charge in [0.15, 0.2) is 0 Å². The average molecular weight is 313 g/mol. The van der Waals surface area contributed by atoms with E-state index in [1.165, 1.54) is 25.8 Å². The van der Waals surface area contributed by atoms with E-state index < -0.39 is 0 Å². The number of rotatable bonds is 4. The number of anilines is 1. The molecule has 1 unspecified atom stereocenters. The molecule has 0 spiro atoms. The van der Waals surface area contributed by atoms with Crippen LogP contribution in [0.4, 0.5) is 5.69 Å². The Hall–Kier alpha value is -0.740. The quantitative estimate of drug-likeness (QED) is 0.867. The minimum absolute atomic E-state index is 0.665. The molecule has 0 saturated carbocycles. The summed E-state index contributed by atoms with van der Waals surface area (Å²) >= 11 is 3.48. The van der Waals surface area contributed by atoms with Crippen molar-refractivity contribution in [1.29, 1.82) is 0 Å². The topological polar surface area (TPSA) is 38.5 Å². The zero-order valence-electron chi connectivity index (χ0n) is 10.9. The fourth-order valence-electron chi connectivity index (χ4n) is 2.44. The Morgan fingerprint density at radius 2 is 2.28 bits per heavy atom. The van der Waals surface area contributed by atoms with Gasteiger partial charge in [0, 0.05) is 17.8 Å². The van der Waals surface area contributed by atoms with Crippen molar-refractivity contribution in [2.45, 2.75) is 31.7 Å². The van der Waals surface area contributed by atoms with Crippen LogP contribution in [0, 0.1) is 0 Å². The molecule has 1 heterocycles. The second-order valence-electron chi connectivity index (χ2n) is 4.96. The maximum Gasteiger partial charge on any atom is 0.135 e. The van der Waals surface area contributed by atoms with E-state index in [4.69, 9.17) is 10.5 Å². The van der Waals surface area contributed by atoms with Gasteiger partial charge in [0.1, 0.15) is 5.75 Å². The number of nitrogens with zero attached hydrogens (tertiary/aromatic N) is 1. The fraction of sp³-hybridized carbons (Fsp3) is 0.571. The highest BCUT2D eigenvalue weighted by atomic mass is 79.9. The smallest absolute Gasteiger partial charge is 0.135 e. The number of nitrogen functional groups attached to an aromatic ring is 1. The lowest BCUT2D eigenvalue weighted by Gasteiger charge is -2.32. The molecule has 2 N–H and O–H groups in total. The van der Waals surface area contributed by atoms with Gasteiger partial charge in [-0.15, -0.1) is 0 Å². The SMILES string of the molecule is CN1CCCCC1CCOc1cc(N)ccc1Br. The molecule has 1 aromatic carbocycles. The van der Waals surface area contributed by atoms with Crippen LogP contribution in [0.1, 0.15) is 25.7 Å². The van der Waals surface area contributed by atoms with Crippen LogP contribution in [-0.2, 0) is 0 Å². The summed E-state index contributed by atoms with van der Waals surface area (Å²) in [6.45, 7) is 1.96. The van der Waals surface area contributed by atoms with Crippen molar-refractivity contribution in [2.24, 2.45) is 0 Å². The minimum atomic E-state index is 0.665. The number of likely N-dealkylation sites (tertiary alicyclic amines) is 1. The largest absolute Gasteiger partial charge is 0.492 e. The molecule has 18 heavy (non-hydrogen) atoms. The molecular weight excluding hydrogens is 292 g/mol. The van der Waals surface area contributed by atoms with Crippen LogP contribution in [0.5, 0.6) is 5.75 Å². The zero-order valence-corrected chi connectivity index (χ0v) is 12.4. The molecule has 1 atom stereocenters. The van der Waals surface area contributed by atoms with Crippen LogP contribution in [0.15, 0.2) is 22.7 Å². The van der Waals surface area contributed by atoms with Crippen LogP contribution in [0.25, 0.3) is 0 Å². The van der Waals surface area contributed by atoms with Crippen molar-refractivity contribution in [2.75, 3.05) is 25.9 Å². The summed E-state index contributed by atoms with van der Waals surface area (Å²) in [6, 6.07) is 6.33. The summed E-state index contributed by atoms with van der Waals surface area (Å²) in [6.07, 6.45) is 5.04. The normalized spacial score (nSPS) is 20.9. The van der Waals surface area contributed by atoms with Gasteiger partial charge >= 0.3 is 0 Å². The van der Waals surface area contributed by atoms with Gasteiger partial charge in [-0.25, -0.2) is 0 Å². The zero-order chi connectivity index (χ0) is 13.0. The number of hydrogen-bond donors (Lipinski definition) is 1. The standard InChI is InChI=1S/C14H21BrN2O/c1-17-8-3-2-4-12(17)7-9-18-14-10-11(16)5-6-13(14)15/h5-6,10,12H,2-4,7-9,16H2,1H3. The first-order valence-electron chi connectivity index (χ1n) is 6.55. The molecule has 0 amide bonds. The van der Waals surface area contributed by atoms with Gasteiger partial charge in [-0.2, -0.15) is 0 Å². The summed E-state index contributed by atoms with van der Waals surface area (Å²) in [4.78, 5) is 2.45. The number of nitrogens with two attached hydrogens (primary N) is 1. The predicted octanol–water partition coefficient (Wildman–Crippen LogP) is 3.28. The number of benzene rings is 1. The second-order valence-corrected chi connectivity index (χ2v) is 5.81. The van der Waals surface area contributed by atoms with Gasteiger partial charge in [-0.05, 0) is 60.9 Å². The summed E-state index contributed by atoms with van der Waals surface area (Å²) in [5.41, 5.74) is 6.49. The Morgan fingerprint density at radius 1 is 1.44 bits per heavy atom. The molecule has 4 heteroatoms. The molecule has 0 bridgehead atoms. The minimum Gasteiger partial charge on any atom is -0.492 e. The molecular formula is C14H21BrN2O. The highest BCUT2D eigenvalue weighted by Gasteiger charge is 2.18. The van der Waals surface area contributed by atoms with Crippen molar-refractivity contribution in [3.8, 4) is 5.75 Å². The summed E-state index contributed by atoms with van der Waals surface area (Å²) in [7, 11) is 2.21. The Labute approximate surface area is 117 Å². The van der Waals surface area contributed by atoms with E-state index in [9.17, 15) is 0 Å². The van der Waals surface area contributed by atoms with Crippen molar-refractivity contribution >= 4 is 21.6 Å². The Balaban J connectivity index is 1.82. The fourth-order valence-corrected chi connectivity index (χ4v) is 2.81. The van der Waals surface area contributed by atoms with Crippen molar-refractivity contribution < 1.29 is 4.74 Å². The second kappa shape index (κ2) is 6.43. The van der Waals surface area contributed by atoms with Gasteiger partial charge in [-0.1, -0.05) is 6.42 Å². The van der Waals surface area contributed by atoms with E-state index >= 15 is 0 Å². The van der Waals surface area contributed by atoms with Gasteiger partial charge in [0.05, 0.1) is 11.1 Å². The Morgan fingerprint density at radius 3 is 3.06 bits per heavy atom. The first kappa shape index (κ1) is 13.7. The molecule has 100 valence electrons. The summed E-state index contributed by atoms with van der Waals surface area (Å²) in [5.74, 6) is 0.841. The lowest BCUT2D eigenvalue weighted by atomic mass is 10.0. The average Bonchev–Trinajstić information content (AvgIpc) is 2.36. The van der Waals surface area contributed by atoms with E-state index in [-0.39, 0.29) is 0 Å². The van der Waals surface area contributed by atoms with Crippen LogP contribution in [0.3, 0.4) is 0 Å². The lowest BCUT2D eigenvalue weighted by molar-refractivity contribution is 0.153. The Kier molecular flexibility index (Phi) is 4.89. The van der Waals surface area contributed by atoms with Gasteiger partial charge in [0.2, 0.25) is 0 Å². The Bertz CT molecular complexity index is 397. The number of ether oxygens (including phenoxy) is 1. The van der Waals surface area contributed by atoms with Crippen LogP contribution in [-0.4, -0.2) is 31.1 Å². The monoisotopic (exact) mass is 312 g/mol. The maximum absolute atomic E-state index is 5.82. The van der Waals surface area contributed by atoms with Crippen LogP contribution in [0.2, 0.25) is 0 Å². The van der Waals surface area contributed by atoms with Gasteiger partial charge in [-0.3, -0.25) is 0 Å². The van der Waals surface area contributed by atoms with Gasteiger partial charge < -0.3 is 15.4 Å². The third-order valence-corrected chi connectivity index (χ3v) is 4.24. The highest BCUT2D eigenvalue weighted by molar-refractivity contribution is 9.10. The number of hydrogen-bond acceptors (Lipinski definition) is 3. The highest BCUT2D eigenvalue weighted by Crippen LogP contribution is 2.27. The van der Waals surface area contributed by atoms with Crippen LogP contribution >= 0.6 is 15.9 Å². The van der Waals surface area contributed by atoms with E-state index in [1.54, 1.807) is 0 Å². The molecule has 1 saturated heterocycles. The third-order valence-electron chi connectivity index (χ3n) is 3.59. The van der Waals surface area contributed by atoms with E-state index in [0.717, 1.165) is 28.9 Å².